The standard InChI is InChI=1S/C16H32N2O3SSi/c1-15(2,3)14(21-23(7)8)11-12-13(9-10-17-12)22(19,20)18-16(4,5)6/h9-10,14,17-18,23H,11H2,1-8H3. The first-order valence-corrected chi connectivity index (χ1v) is 12.3. The van der Waals surface area contributed by atoms with Crippen molar-refractivity contribution in [1.82, 2.24) is 9.71 Å². The van der Waals surface area contributed by atoms with Crippen molar-refractivity contribution in [3.05, 3.63) is 18.0 Å². The first-order valence-electron chi connectivity index (χ1n) is 8.08. The number of nitrogens with one attached hydrogen (secondary N) is 2. The highest BCUT2D eigenvalue weighted by Gasteiger charge is 2.31. The Morgan fingerprint density at radius 1 is 1.22 bits per heavy atom. The Hall–Kier alpha value is -0.633. The van der Waals surface area contributed by atoms with Gasteiger partial charge in [-0.15, -0.1) is 0 Å². The van der Waals surface area contributed by atoms with E-state index >= 15 is 0 Å². The molecule has 0 spiro atoms. The summed E-state index contributed by atoms with van der Waals surface area (Å²) in [5.41, 5.74) is 0.135. The van der Waals surface area contributed by atoms with Crippen LogP contribution in [0.2, 0.25) is 13.1 Å². The second-order valence-electron chi connectivity index (χ2n) is 8.42. The lowest BCUT2D eigenvalue weighted by atomic mass is 9.86. The van der Waals surface area contributed by atoms with Gasteiger partial charge < -0.3 is 9.41 Å². The lowest BCUT2D eigenvalue weighted by Gasteiger charge is -2.32. The van der Waals surface area contributed by atoms with Crippen LogP contribution in [-0.2, 0) is 20.9 Å². The molecule has 0 saturated carbocycles. The van der Waals surface area contributed by atoms with Gasteiger partial charge in [0, 0.05) is 23.9 Å². The Balaban J connectivity index is 3.10. The minimum absolute atomic E-state index is 0.0172. The summed E-state index contributed by atoms with van der Waals surface area (Å²) in [6.45, 7) is 16.1. The summed E-state index contributed by atoms with van der Waals surface area (Å²) in [6, 6.07) is 1.62. The highest BCUT2D eigenvalue weighted by molar-refractivity contribution is 7.89. The third-order valence-electron chi connectivity index (χ3n) is 3.31. The zero-order valence-electron chi connectivity index (χ0n) is 15.6. The van der Waals surface area contributed by atoms with Crippen LogP contribution in [0.15, 0.2) is 17.2 Å². The molecule has 1 atom stereocenters. The van der Waals surface area contributed by atoms with E-state index < -0.39 is 24.6 Å². The fourth-order valence-corrected chi connectivity index (χ4v) is 5.12. The fourth-order valence-electron chi connectivity index (χ4n) is 2.33. The number of sulfonamides is 1. The van der Waals surface area contributed by atoms with Gasteiger partial charge in [0.15, 0.2) is 9.04 Å². The van der Waals surface area contributed by atoms with E-state index in [2.05, 4.69) is 43.6 Å². The highest BCUT2D eigenvalue weighted by Crippen LogP contribution is 2.28. The fraction of sp³-hybridized carbons (Fsp3) is 0.750. The van der Waals surface area contributed by atoms with E-state index in [1.165, 1.54) is 0 Å². The molecule has 0 fully saturated rings. The summed E-state index contributed by atoms with van der Waals surface area (Å²) in [5, 5.41) is 0. The SMILES string of the molecule is C[SiH](C)OC(Cc1[nH]ccc1S(=O)(=O)NC(C)(C)C)C(C)(C)C. The van der Waals surface area contributed by atoms with E-state index in [1.807, 2.05) is 20.8 Å². The quantitative estimate of drug-likeness (QED) is 0.766. The molecule has 0 saturated heterocycles. The van der Waals surface area contributed by atoms with Gasteiger partial charge in [0.2, 0.25) is 10.0 Å². The molecule has 1 rings (SSSR count). The molecule has 1 aromatic rings. The van der Waals surface area contributed by atoms with E-state index in [1.54, 1.807) is 12.3 Å². The Morgan fingerprint density at radius 2 is 1.78 bits per heavy atom. The van der Waals surface area contributed by atoms with E-state index in [-0.39, 0.29) is 11.5 Å². The normalized spacial score (nSPS) is 15.2. The van der Waals surface area contributed by atoms with Crippen LogP contribution < -0.4 is 4.72 Å². The molecular formula is C16H32N2O3SSi. The van der Waals surface area contributed by atoms with Crippen LogP contribution in [0.3, 0.4) is 0 Å². The Morgan fingerprint density at radius 3 is 2.22 bits per heavy atom. The van der Waals surface area contributed by atoms with Gasteiger partial charge in [-0.2, -0.15) is 0 Å². The first kappa shape index (κ1) is 20.4. The van der Waals surface area contributed by atoms with Crippen LogP contribution in [0, 0.1) is 5.41 Å². The minimum Gasteiger partial charge on any atom is -0.417 e. The maximum absolute atomic E-state index is 12.6. The third-order valence-corrected chi connectivity index (χ3v) is 6.03. The van der Waals surface area contributed by atoms with Crippen molar-refractivity contribution in [2.75, 3.05) is 0 Å². The summed E-state index contributed by atoms with van der Waals surface area (Å²) in [5.74, 6) is 0. The van der Waals surface area contributed by atoms with Crippen LogP contribution in [-0.4, -0.2) is 34.1 Å². The molecule has 1 unspecified atom stereocenters. The van der Waals surface area contributed by atoms with Gasteiger partial charge in [-0.3, -0.25) is 0 Å². The molecule has 1 heterocycles. The van der Waals surface area contributed by atoms with E-state index in [4.69, 9.17) is 4.43 Å². The number of rotatable bonds is 6. The average molecular weight is 361 g/mol. The van der Waals surface area contributed by atoms with E-state index in [0.717, 1.165) is 0 Å². The Bertz CT molecular complexity index is 610. The van der Waals surface area contributed by atoms with Crippen molar-refractivity contribution in [1.29, 1.82) is 0 Å². The van der Waals surface area contributed by atoms with Crippen LogP contribution in [0.4, 0.5) is 0 Å². The minimum atomic E-state index is -3.55. The van der Waals surface area contributed by atoms with Gasteiger partial charge in [0.1, 0.15) is 4.90 Å². The molecule has 2 N–H and O–H groups in total. The van der Waals surface area contributed by atoms with Gasteiger partial charge in [0.25, 0.3) is 0 Å². The highest BCUT2D eigenvalue weighted by atomic mass is 32.2. The molecule has 1 aromatic heterocycles. The number of aromatic nitrogens is 1. The summed E-state index contributed by atoms with van der Waals surface area (Å²) < 4.78 is 34.1. The van der Waals surface area contributed by atoms with Crippen molar-refractivity contribution in [2.24, 2.45) is 5.41 Å². The Kier molecular flexibility index (Phi) is 6.29. The summed E-state index contributed by atoms with van der Waals surface area (Å²) in [7, 11) is -4.77. The summed E-state index contributed by atoms with van der Waals surface area (Å²) in [4.78, 5) is 3.41. The van der Waals surface area contributed by atoms with Crippen molar-refractivity contribution in [3.63, 3.8) is 0 Å². The molecule has 7 heteroatoms. The maximum atomic E-state index is 12.6. The van der Waals surface area contributed by atoms with Crippen molar-refractivity contribution >= 4 is 19.1 Å². The zero-order chi connectivity index (χ0) is 18.1. The number of H-pyrrole nitrogens is 1. The molecule has 0 amide bonds. The molecule has 0 aliphatic heterocycles. The largest absolute Gasteiger partial charge is 0.417 e. The summed E-state index contributed by atoms with van der Waals surface area (Å²) >= 11 is 0. The first-order chi connectivity index (χ1) is 10.2. The van der Waals surface area contributed by atoms with Crippen molar-refractivity contribution < 1.29 is 12.8 Å². The van der Waals surface area contributed by atoms with Crippen LogP contribution in [0.5, 0.6) is 0 Å². The predicted molar refractivity (Wildman–Crippen MR) is 97.8 cm³/mol. The average Bonchev–Trinajstić information content (AvgIpc) is 2.71. The third kappa shape index (κ3) is 6.41. The predicted octanol–water partition coefficient (Wildman–Crippen LogP) is 3.05. The maximum Gasteiger partial charge on any atom is 0.242 e. The molecule has 0 aromatic carbocycles. The molecular weight excluding hydrogens is 328 g/mol. The monoisotopic (exact) mass is 360 g/mol. The molecule has 0 bridgehead atoms. The van der Waals surface area contributed by atoms with E-state index in [9.17, 15) is 8.42 Å². The second-order valence-corrected chi connectivity index (χ2v) is 12.4. The van der Waals surface area contributed by atoms with Crippen molar-refractivity contribution in [2.45, 2.75) is 77.6 Å². The molecule has 0 aliphatic rings. The van der Waals surface area contributed by atoms with Gasteiger partial charge in [-0.05, 0) is 45.3 Å². The molecule has 23 heavy (non-hydrogen) atoms. The van der Waals surface area contributed by atoms with Gasteiger partial charge in [0.05, 0.1) is 6.10 Å². The van der Waals surface area contributed by atoms with Gasteiger partial charge in [-0.25, -0.2) is 13.1 Å². The molecule has 0 radical (unpaired) electrons. The summed E-state index contributed by atoms with van der Waals surface area (Å²) in [6.07, 6.45) is 2.22. The second kappa shape index (κ2) is 7.09. The molecule has 0 aliphatic carbocycles. The van der Waals surface area contributed by atoms with Crippen LogP contribution in [0.1, 0.15) is 47.2 Å². The lowest BCUT2D eigenvalue weighted by molar-refractivity contribution is 0.0854. The van der Waals surface area contributed by atoms with Gasteiger partial charge in [-0.1, -0.05) is 20.8 Å². The molecule has 134 valence electrons. The Labute approximate surface area is 143 Å². The topological polar surface area (TPSA) is 71.2 Å². The van der Waals surface area contributed by atoms with Crippen LogP contribution in [0.25, 0.3) is 0 Å². The van der Waals surface area contributed by atoms with Crippen molar-refractivity contribution in [3.8, 4) is 0 Å². The number of hydrogen-bond acceptors (Lipinski definition) is 3. The lowest BCUT2D eigenvalue weighted by Crippen LogP contribution is -2.41. The zero-order valence-corrected chi connectivity index (χ0v) is 17.6. The molecule has 5 nitrogen and oxygen atoms in total. The number of aromatic amines is 1. The van der Waals surface area contributed by atoms with E-state index in [0.29, 0.717) is 17.0 Å². The number of hydrogen-bond donors (Lipinski definition) is 2. The smallest absolute Gasteiger partial charge is 0.242 e. The van der Waals surface area contributed by atoms with Gasteiger partial charge >= 0.3 is 0 Å². The van der Waals surface area contributed by atoms with Crippen LogP contribution >= 0.6 is 0 Å².